The highest BCUT2D eigenvalue weighted by molar-refractivity contribution is 7.71. The highest BCUT2D eigenvalue weighted by Crippen LogP contribution is 2.13. The molecule has 0 bridgehead atoms. The number of hydrogen-bond donors (Lipinski definition) is 2. The number of nitrogens with zero attached hydrogens (tertiary/aromatic N) is 2. The number of aromatic amines is 2. The van der Waals surface area contributed by atoms with Gasteiger partial charge in [-0.3, -0.25) is 9.67 Å². The summed E-state index contributed by atoms with van der Waals surface area (Å²) in [7, 11) is 3.93. The van der Waals surface area contributed by atoms with Crippen LogP contribution in [-0.4, -0.2) is 40.3 Å². The third-order valence-electron chi connectivity index (χ3n) is 1.99. The van der Waals surface area contributed by atoms with Crippen LogP contribution in [0.25, 0.3) is 0 Å². The molecule has 1 rings (SSSR count). The van der Waals surface area contributed by atoms with Gasteiger partial charge in [-0.15, -0.1) is 0 Å². The summed E-state index contributed by atoms with van der Waals surface area (Å²) in [5, 5.41) is 5.11. The first-order valence-corrected chi connectivity index (χ1v) is 4.80. The van der Waals surface area contributed by atoms with Crippen LogP contribution in [0.1, 0.15) is 13.8 Å². The minimum atomic E-state index is -0.311. The van der Waals surface area contributed by atoms with E-state index in [0.29, 0.717) is 4.77 Å². The van der Waals surface area contributed by atoms with E-state index < -0.39 is 0 Å². The van der Waals surface area contributed by atoms with E-state index in [1.807, 2.05) is 32.8 Å². The molecule has 80 valence electrons. The quantitative estimate of drug-likeness (QED) is 0.725. The Kier molecular flexibility index (Phi) is 2.96. The summed E-state index contributed by atoms with van der Waals surface area (Å²) >= 11 is 5.03. The minimum Gasteiger partial charge on any atom is -0.307 e. The Morgan fingerprint density at radius 3 is 2.36 bits per heavy atom. The van der Waals surface area contributed by atoms with Gasteiger partial charge >= 0.3 is 5.69 Å². The summed E-state index contributed by atoms with van der Waals surface area (Å²) in [6.07, 6.45) is 0. The number of likely N-dealkylation sites (N-methyl/N-ethyl adjacent to an activating group) is 1. The number of nitrogens with one attached hydrogen (secondary N) is 2. The lowest BCUT2D eigenvalue weighted by atomic mass is 10.1. The molecule has 14 heavy (non-hydrogen) atoms. The van der Waals surface area contributed by atoms with Gasteiger partial charge in [0.15, 0.2) is 4.77 Å². The van der Waals surface area contributed by atoms with Crippen molar-refractivity contribution < 1.29 is 0 Å². The van der Waals surface area contributed by atoms with Gasteiger partial charge in [-0.05, 0) is 40.2 Å². The standard InChI is InChI=1S/C8H16N4OS/c1-8(2,5-11(3)4)12-6(13)9-10-7(12)14/h5H2,1-4H3,(H,9,13)(H,10,14). The molecule has 0 atom stereocenters. The number of H-pyrrole nitrogens is 2. The fraction of sp³-hybridized carbons (Fsp3) is 0.750. The molecular weight excluding hydrogens is 200 g/mol. The lowest BCUT2D eigenvalue weighted by Crippen LogP contribution is -2.42. The van der Waals surface area contributed by atoms with E-state index in [1.54, 1.807) is 4.57 Å². The van der Waals surface area contributed by atoms with Crippen LogP contribution in [-0.2, 0) is 5.54 Å². The Morgan fingerprint density at radius 1 is 1.43 bits per heavy atom. The molecule has 1 aromatic rings. The maximum absolute atomic E-state index is 11.5. The second kappa shape index (κ2) is 3.70. The fourth-order valence-corrected chi connectivity index (χ4v) is 2.09. The largest absolute Gasteiger partial charge is 0.342 e. The summed E-state index contributed by atoms with van der Waals surface area (Å²) in [6, 6.07) is 0. The van der Waals surface area contributed by atoms with Crippen LogP contribution in [0.3, 0.4) is 0 Å². The molecule has 6 heteroatoms. The van der Waals surface area contributed by atoms with Gasteiger partial charge in [-0.1, -0.05) is 0 Å². The Bertz CT molecular complexity index is 384. The summed E-state index contributed by atoms with van der Waals surface area (Å²) in [5.41, 5.74) is -0.504. The van der Waals surface area contributed by atoms with Gasteiger partial charge in [0, 0.05) is 6.54 Å². The second-order valence-corrected chi connectivity index (χ2v) is 4.63. The maximum Gasteiger partial charge on any atom is 0.342 e. The molecule has 0 aliphatic carbocycles. The Balaban J connectivity index is 3.15. The molecule has 2 N–H and O–H groups in total. The first-order valence-electron chi connectivity index (χ1n) is 4.39. The van der Waals surface area contributed by atoms with E-state index >= 15 is 0 Å². The smallest absolute Gasteiger partial charge is 0.307 e. The number of rotatable bonds is 3. The van der Waals surface area contributed by atoms with E-state index in [0.717, 1.165) is 6.54 Å². The molecule has 5 nitrogen and oxygen atoms in total. The van der Waals surface area contributed by atoms with Crippen LogP contribution >= 0.6 is 12.2 Å². The molecular formula is C8H16N4OS. The Morgan fingerprint density at radius 2 is 2.00 bits per heavy atom. The van der Waals surface area contributed by atoms with Gasteiger partial charge in [-0.2, -0.15) is 0 Å². The average molecular weight is 216 g/mol. The normalized spacial score (nSPS) is 12.4. The predicted molar refractivity (Wildman–Crippen MR) is 58.1 cm³/mol. The third-order valence-corrected chi connectivity index (χ3v) is 2.28. The topological polar surface area (TPSA) is 56.8 Å². The molecule has 0 spiro atoms. The predicted octanol–water partition coefficient (Wildman–Crippen LogP) is 0.531. The molecule has 0 amide bonds. The molecule has 0 aliphatic rings. The van der Waals surface area contributed by atoms with Gasteiger partial charge in [0.05, 0.1) is 5.54 Å². The van der Waals surface area contributed by atoms with Gasteiger partial charge in [-0.25, -0.2) is 9.89 Å². The van der Waals surface area contributed by atoms with Crippen molar-refractivity contribution in [3.8, 4) is 0 Å². The zero-order chi connectivity index (χ0) is 10.9. The third kappa shape index (κ3) is 2.13. The van der Waals surface area contributed by atoms with Crippen molar-refractivity contribution in [2.75, 3.05) is 20.6 Å². The lowest BCUT2D eigenvalue weighted by Gasteiger charge is -2.28. The van der Waals surface area contributed by atoms with Crippen molar-refractivity contribution in [2.24, 2.45) is 0 Å². The van der Waals surface area contributed by atoms with Gasteiger partial charge in [0.2, 0.25) is 0 Å². The fourth-order valence-electron chi connectivity index (χ4n) is 1.71. The van der Waals surface area contributed by atoms with Crippen LogP contribution in [0.15, 0.2) is 4.79 Å². The van der Waals surface area contributed by atoms with Crippen molar-refractivity contribution >= 4 is 12.2 Å². The van der Waals surface area contributed by atoms with Crippen molar-refractivity contribution in [1.82, 2.24) is 19.7 Å². The zero-order valence-corrected chi connectivity index (χ0v) is 9.73. The molecule has 0 aromatic carbocycles. The Hall–Kier alpha value is -0.880. The molecule has 0 fully saturated rings. The van der Waals surface area contributed by atoms with Crippen LogP contribution in [0.2, 0.25) is 0 Å². The van der Waals surface area contributed by atoms with E-state index in [1.165, 1.54) is 0 Å². The molecule has 0 saturated heterocycles. The number of aromatic nitrogens is 3. The molecule has 0 unspecified atom stereocenters. The molecule has 1 aromatic heterocycles. The molecule has 0 saturated carbocycles. The minimum absolute atomic E-state index is 0.193. The van der Waals surface area contributed by atoms with E-state index in [4.69, 9.17) is 12.2 Å². The van der Waals surface area contributed by atoms with Crippen molar-refractivity contribution in [1.29, 1.82) is 0 Å². The average Bonchev–Trinajstić information content (AvgIpc) is 2.27. The monoisotopic (exact) mass is 216 g/mol. The van der Waals surface area contributed by atoms with Crippen molar-refractivity contribution in [2.45, 2.75) is 19.4 Å². The van der Waals surface area contributed by atoms with E-state index in [-0.39, 0.29) is 11.2 Å². The van der Waals surface area contributed by atoms with Crippen molar-refractivity contribution in [3.05, 3.63) is 15.3 Å². The summed E-state index contributed by atoms with van der Waals surface area (Å²) in [4.78, 5) is 13.5. The van der Waals surface area contributed by atoms with E-state index in [2.05, 4.69) is 10.2 Å². The van der Waals surface area contributed by atoms with Crippen LogP contribution in [0.4, 0.5) is 0 Å². The summed E-state index contributed by atoms with van der Waals surface area (Å²) in [6.45, 7) is 4.71. The van der Waals surface area contributed by atoms with E-state index in [9.17, 15) is 4.79 Å². The number of hydrogen-bond acceptors (Lipinski definition) is 3. The molecule has 0 aliphatic heterocycles. The zero-order valence-electron chi connectivity index (χ0n) is 8.92. The highest BCUT2D eigenvalue weighted by Gasteiger charge is 2.24. The van der Waals surface area contributed by atoms with Crippen LogP contribution < -0.4 is 5.69 Å². The first-order chi connectivity index (χ1) is 6.34. The maximum atomic E-state index is 11.5. The highest BCUT2D eigenvalue weighted by atomic mass is 32.1. The van der Waals surface area contributed by atoms with Crippen LogP contribution in [0, 0.1) is 4.77 Å². The van der Waals surface area contributed by atoms with Gasteiger partial charge in [0.25, 0.3) is 0 Å². The Labute approximate surface area is 87.7 Å². The van der Waals surface area contributed by atoms with Crippen LogP contribution in [0.5, 0.6) is 0 Å². The lowest BCUT2D eigenvalue weighted by molar-refractivity contribution is 0.234. The van der Waals surface area contributed by atoms with Crippen molar-refractivity contribution in [3.63, 3.8) is 0 Å². The summed E-state index contributed by atoms with van der Waals surface area (Å²) < 4.78 is 1.99. The first kappa shape index (κ1) is 11.2. The molecule has 0 radical (unpaired) electrons. The summed E-state index contributed by atoms with van der Waals surface area (Å²) in [5.74, 6) is 0. The SMILES string of the molecule is CN(C)CC(C)(C)n1c(=O)[nH][nH]c1=S. The van der Waals surface area contributed by atoms with Gasteiger partial charge in [0.1, 0.15) is 0 Å². The molecule has 1 heterocycles. The second-order valence-electron chi connectivity index (χ2n) is 4.25. The van der Waals surface area contributed by atoms with Gasteiger partial charge < -0.3 is 4.90 Å².